The second-order valence-electron chi connectivity index (χ2n) is 3.74. The third-order valence-electron chi connectivity index (χ3n) is 2.69. The van der Waals surface area contributed by atoms with Crippen LogP contribution in [0.2, 0.25) is 0 Å². The molecule has 0 amide bonds. The van der Waals surface area contributed by atoms with Crippen molar-refractivity contribution >= 4 is 0 Å². The van der Waals surface area contributed by atoms with E-state index in [1.54, 1.807) is 12.4 Å². The van der Waals surface area contributed by atoms with Crippen molar-refractivity contribution in [1.82, 2.24) is 25.3 Å². The molecule has 2 heterocycles. The summed E-state index contributed by atoms with van der Waals surface area (Å²) in [5, 5.41) is 15.5. The Morgan fingerprint density at radius 3 is 2.76 bits per heavy atom. The first-order valence-corrected chi connectivity index (χ1v) is 5.88. The zero-order chi connectivity index (χ0) is 12.1. The van der Waals surface area contributed by atoms with E-state index < -0.39 is 0 Å². The monoisotopic (exact) mass is 231 g/mol. The van der Waals surface area contributed by atoms with Crippen LogP contribution >= 0.6 is 0 Å². The summed E-state index contributed by atoms with van der Waals surface area (Å²) in [5.74, 6) is 0. The molecule has 1 N–H and O–H groups in total. The topological polar surface area (TPSA) is 55.6 Å². The molecule has 1 unspecified atom stereocenters. The van der Waals surface area contributed by atoms with Crippen molar-refractivity contribution in [2.24, 2.45) is 0 Å². The van der Waals surface area contributed by atoms with Crippen molar-refractivity contribution in [3.63, 3.8) is 0 Å². The van der Waals surface area contributed by atoms with E-state index in [-0.39, 0.29) is 6.04 Å². The molecule has 2 aromatic rings. The molecule has 0 saturated carbocycles. The van der Waals surface area contributed by atoms with E-state index in [0.717, 1.165) is 24.3 Å². The minimum atomic E-state index is 0.123. The summed E-state index contributed by atoms with van der Waals surface area (Å²) >= 11 is 0. The van der Waals surface area contributed by atoms with Gasteiger partial charge in [-0.15, -0.1) is 0 Å². The van der Waals surface area contributed by atoms with Crippen LogP contribution in [0.4, 0.5) is 0 Å². The van der Waals surface area contributed by atoms with Gasteiger partial charge < -0.3 is 5.32 Å². The number of nitrogens with zero attached hydrogens (tertiary/aromatic N) is 4. The van der Waals surface area contributed by atoms with Crippen LogP contribution in [0.3, 0.4) is 0 Å². The minimum absolute atomic E-state index is 0.123. The highest BCUT2D eigenvalue weighted by atomic mass is 15.3. The fourth-order valence-corrected chi connectivity index (χ4v) is 1.92. The Kier molecular flexibility index (Phi) is 3.82. The lowest BCUT2D eigenvalue weighted by molar-refractivity contribution is 0.540. The fraction of sp³-hybridized carbons (Fsp3) is 0.417. The van der Waals surface area contributed by atoms with Gasteiger partial charge in [-0.2, -0.15) is 15.3 Å². The highest BCUT2D eigenvalue weighted by Gasteiger charge is 2.16. The zero-order valence-corrected chi connectivity index (χ0v) is 10.2. The van der Waals surface area contributed by atoms with Gasteiger partial charge in [0.05, 0.1) is 17.9 Å². The lowest BCUT2D eigenvalue weighted by Crippen LogP contribution is -2.25. The second kappa shape index (κ2) is 5.54. The van der Waals surface area contributed by atoms with E-state index >= 15 is 0 Å². The molecular weight excluding hydrogens is 214 g/mol. The first-order valence-electron chi connectivity index (χ1n) is 5.88. The van der Waals surface area contributed by atoms with Crippen LogP contribution in [0.1, 0.15) is 31.1 Å². The van der Waals surface area contributed by atoms with Crippen LogP contribution in [0.15, 0.2) is 30.7 Å². The summed E-state index contributed by atoms with van der Waals surface area (Å²) < 4.78 is 1.99. The maximum absolute atomic E-state index is 4.30. The highest BCUT2D eigenvalue weighted by Crippen LogP contribution is 2.20. The lowest BCUT2D eigenvalue weighted by Gasteiger charge is -2.18. The van der Waals surface area contributed by atoms with Gasteiger partial charge in [-0.25, -0.2) is 0 Å². The molecule has 90 valence electrons. The molecule has 1 atom stereocenters. The van der Waals surface area contributed by atoms with Gasteiger partial charge in [-0.05, 0) is 31.2 Å². The normalized spacial score (nSPS) is 12.6. The molecule has 0 fully saturated rings. The quantitative estimate of drug-likeness (QED) is 0.845. The van der Waals surface area contributed by atoms with Gasteiger partial charge in [0, 0.05) is 18.9 Å². The van der Waals surface area contributed by atoms with Gasteiger partial charge in [0.1, 0.15) is 0 Å². The van der Waals surface area contributed by atoms with Crippen molar-refractivity contribution in [1.29, 1.82) is 0 Å². The molecule has 0 radical (unpaired) electrons. The summed E-state index contributed by atoms with van der Waals surface area (Å²) in [6.45, 7) is 5.93. The average molecular weight is 231 g/mol. The van der Waals surface area contributed by atoms with Crippen LogP contribution in [0.5, 0.6) is 0 Å². The third kappa shape index (κ3) is 2.50. The van der Waals surface area contributed by atoms with Crippen molar-refractivity contribution < 1.29 is 0 Å². The molecule has 0 aliphatic rings. The van der Waals surface area contributed by atoms with Gasteiger partial charge in [0.2, 0.25) is 0 Å². The number of hydrogen-bond acceptors (Lipinski definition) is 4. The minimum Gasteiger partial charge on any atom is -0.305 e. The van der Waals surface area contributed by atoms with E-state index in [2.05, 4.69) is 34.5 Å². The van der Waals surface area contributed by atoms with Crippen molar-refractivity contribution in [2.75, 3.05) is 6.54 Å². The van der Waals surface area contributed by atoms with Crippen molar-refractivity contribution in [2.45, 2.75) is 26.4 Å². The molecule has 2 rings (SSSR count). The van der Waals surface area contributed by atoms with Gasteiger partial charge in [0.25, 0.3) is 0 Å². The molecule has 5 nitrogen and oxygen atoms in total. The number of hydrogen-bond donors (Lipinski definition) is 1. The SMILES string of the molecule is CCNC(c1ccnnc1)c1ccnn1CC. The standard InChI is InChI=1S/C12H17N5/c1-3-13-12(10-5-7-14-15-9-10)11-6-8-16-17(11)4-2/h5-9,12-13H,3-4H2,1-2H3. The van der Waals surface area contributed by atoms with Crippen LogP contribution in [0, 0.1) is 0 Å². The number of aryl methyl sites for hydroxylation is 1. The maximum Gasteiger partial charge on any atom is 0.0764 e. The Bertz CT molecular complexity index is 451. The smallest absolute Gasteiger partial charge is 0.0764 e. The van der Waals surface area contributed by atoms with Gasteiger partial charge in [-0.3, -0.25) is 4.68 Å². The van der Waals surface area contributed by atoms with Crippen LogP contribution in [0.25, 0.3) is 0 Å². The Morgan fingerprint density at radius 2 is 2.12 bits per heavy atom. The fourth-order valence-electron chi connectivity index (χ4n) is 1.92. The number of nitrogens with one attached hydrogen (secondary N) is 1. The first-order chi connectivity index (χ1) is 8.36. The molecule has 0 saturated heterocycles. The number of aromatic nitrogens is 4. The maximum atomic E-state index is 4.30. The summed E-state index contributed by atoms with van der Waals surface area (Å²) in [7, 11) is 0. The second-order valence-corrected chi connectivity index (χ2v) is 3.74. The molecule has 5 heteroatoms. The van der Waals surface area contributed by atoms with E-state index in [1.807, 2.05) is 23.0 Å². The molecule has 0 aromatic carbocycles. The van der Waals surface area contributed by atoms with Gasteiger partial charge in [-0.1, -0.05) is 6.92 Å². The molecular formula is C12H17N5. The van der Waals surface area contributed by atoms with Crippen LogP contribution in [-0.2, 0) is 6.54 Å². The molecule has 0 spiro atoms. The Morgan fingerprint density at radius 1 is 1.24 bits per heavy atom. The van der Waals surface area contributed by atoms with E-state index in [1.165, 1.54) is 0 Å². The Balaban J connectivity index is 2.36. The molecule has 2 aromatic heterocycles. The average Bonchev–Trinajstić information content (AvgIpc) is 2.85. The Labute approximate surface area is 101 Å². The van der Waals surface area contributed by atoms with Crippen LogP contribution in [-0.4, -0.2) is 26.5 Å². The summed E-state index contributed by atoms with van der Waals surface area (Å²) in [6, 6.07) is 4.14. The Hall–Kier alpha value is -1.75. The zero-order valence-electron chi connectivity index (χ0n) is 10.2. The third-order valence-corrected chi connectivity index (χ3v) is 2.69. The van der Waals surface area contributed by atoms with E-state index in [0.29, 0.717) is 0 Å². The summed E-state index contributed by atoms with van der Waals surface area (Å²) in [5.41, 5.74) is 2.26. The van der Waals surface area contributed by atoms with Gasteiger partial charge in [0.15, 0.2) is 0 Å². The molecule has 0 bridgehead atoms. The summed E-state index contributed by atoms with van der Waals surface area (Å²) in [4.78, 5) is 0. The van der Waals surface area contributed by atoms with E-state index in [9.17, 15) is 0 Å². The largest absolute Gasteiger partial charge is 0.305 e. The van der Waals surface area contributed by atoms with E-state index in [4.69, 9.17) is 0 Å². The molecule has 0 aliphatic heterocycles. The van der Waals surface area contributed by atoms with Gasteiger partial charge >= 0.3 is 0 Å². The predicted molar refractivity (Wildman–Crippen MR) is 65.5 cm³/mol. The van der Waals surface area contributed by atoms with Crippen LogP contribution < -0.4 is 5.32 Å². The molecule has 17 heavy (non-hydrogen) atoms. The first kappa shape index (κ1) is 11.7. The lowest BCUT2D eigenvalue weighted by atomic mass is 10.1. The number of rotatable bonds is 5. The highest BCUT2D eigenvalue weighted by molar-refractivity contribution is 5.23. The predicted octanol–water partition coefficient (Wildman–Crippen LogP) is 1.39. The van der Waals surface area contributed by atoms with Crippen molar-refractivity contribution in [3.05, 3.63) is 42.0 Å². The molecule has 0 aliphatic carbocycles. The summed E-state index contributed by atoms with van der Waals surface area (Å²) in [6.07, 6.45) is 5.34. The van der Waals surface area contributed by atoms with Crippen molar-refractivity contribution in [3.8, 4) is 0 Å².